The van der Waals surface area contributed by atoms with Crippen LogP contribution < -0.4 is 26.0 Å². The summed E-state index contributed by atoms with van der Waals surface area (Å²) in [5.41, 5.74) is 0.617. The van der Waals surface area contributed by atoms with Gasteiger partial charge in [-0.25, -0.2) is 18.7 Å². The lowest BCUT2D eigenvalue weighted by Gasteiger charge is -2.35. The van der Waals surface area contributed by atoms with Crippen LogP contribution in [0.4, 0.5) is 26.0 Å². The summed E-state index contributed by atoms with van der Waals surface area (Å²) in [4.78, 5) is 50.8. The number of ether oxygens (including phenoxy) is 1. The Morgan fingerprint density at radius 1 is 1.04 bits per heavy atom. The van der Waals surface area contributed by atoms with Gasteiger partial charge in [0.15, 0.2) is 5.82 Å². The van der Waals surface area contributed by atoms with Gasteiger partial charge in [0, 0.05) is 18.0 Å². The molecule has 3 aromatic rings. The normalized spacial score (nSPS) is 18.2. The zero-order valence-corrected chi connectivity index (χ0v) is 26.7. The Labute approximate surface area is 270 Å². The molecule has 3 amide bonds. The minimum absolute atomic E-state index is 0.00843. The molecule has 1 aliphatic carbocycles. The minimum Gasteiger partial charge on any atom is -0.494 e. The number of hydrogen-bond acceptors (Lipinski definition) is 8. The smallest absolute Gasteiger partial charge is 0.247 e. The number of aromatic nitrogens is 2. The topological polar surface area (TPSA) is 138 Å². The van der Waals surface area contributed by atoms with Crippen LogP contribution in [-0.2, 0) is 14.4 Å². The number of rotatable bonds is 10. The first-order chi connectivity index (χ1) is 22.1. The number of anilines is 3. The predicted octanol–water partition coefficient (Wildman–Crippen LogP) is 4.92. The summed E-state index contributed by atoms with van der Waals surface area (Å²) in [5, 5.41) is 11.4. The molecule has 14 heteroatoms. The van der Waals surface area contributed by atoms with Crippen LogP contribution in [0.25, 0.3) is 10.9 Å². The number of carbonyl (C=O) groups is 3. The van der Waals surface area contributed by atoms with Crippen molar-refractivity contribution in [2.75, 3.05) is 31.3 Å². The van der Waals surface area contributed by atoms with E-state index in [-0.39, 0.29) is 34.9 Å². The van der Waals surface area contributed by atoms with Gasteiger partial charge in [0.05, 0.1) is 30.0 Å². The maximum absolute atomic E-state index is 14.7. The van der Waals surface area contributed by atoms with Crippen molar-refractivity contribution in [1.82, 2.24) is 25.5 Å². The zero-order valence-electron chi connectivity index (χ0n) is 26.0. The molecule has 0 bridgehead atoms. The number of nitrogens with zero attached hydrogens (tertiary/aromatic N) is 3. The number of carbonyl (C=O) groups excluding carboxylic acids is 3. The molecule has 2 heterocycles. The van der Waals surface area contributed by atoms with Crippen molar-refractivity contribution >= 4 is 57.4 Å². The van der Waals surface area contributed by atoms with Crippen LogP contribution in [0.3, 0.4) is 0 Å². The summed E-state index contributed by atoms with van der Waals surface area (Å²) in [5.74, 6) is -2.33. The van der Waals surface area contributed by atoms with Gasteiger partial charge in [0.25, 0.3) is 0 Å². The van der Waals surface area contributed by atoms with Gasteiger partial charge in [-0.1, -0.05) is 30.9 Å². The third-order valence-electron chi connectivity index (χ3n) is 8.85. The molecule has 2 aromatic carbocycles. The number of hydrogen-bond donors (Lipinski definition) is 4. The molecule has 1 saturated heterocycles. The molecule has 46 heavy (non-hydrogen) atoms. The van der Waals surface area contributed by atoms with E-state index in [1.165, 1.54) is 19.5 Å². The first kappa shape index (κ1) is 33.3. The van der Waals surface area contributed by atoms with Crippen LogP contribution >= 0.6 is 11.6 Å². The summed E-state index contributed by atoms with van der Waals surface area (Å²) < 4.78 is 34.0. The molecular formula is C32H38ClF2N7O4. The van der Waals surface area contributed by atoms with Crippen LogP contribution in [-0.4, -0.2) is 71.4 Å². The molecule has 2 aliphatic rings. The average molecular weight is 658 g/mol. The predicted molar refractivity (Wildman–Crippen MR) is 171 cm³/mol. The Hall–Kier alpha value is -4.10. The fourth-order valence-corrected chi connectivity index (χ4v) is 6.32. The molecular weight excluding hydrogens is 620 g/mol. The molecule has 1 aromatic heterocycles. The summed E-state index contributed by atoms with van der Waals surface area (Å²) >= 11 is 5.76. The summed E-state index contributed by atoms with van der Waals surface area (Å²) in [6.07, 6.45) is 7.07. The van der Waals surface area contributed by atoms with E-state index in [1.807, 2.05) is 0 Å². The number of benzene rings is 2. The highest BCUT2D eigenvalue weighted by Gasteiger charge is 2.41. The molecule has 0 radical (unpaired) electrons. The number of likely N-dealkylation sites (tertiary alicyclic amines) is 1. The minimum atomic E-state index is -0.982. The van der Waals surface area contributed by atoms with E-state index < -0.39 is 40.7 Å². The SMILES string of the molecule is CNC(C)C(=O)NC(C(=O)N1CCCC1C(=O)Nc1cc2c(Nc3ccc(F)c(Cl)c3F)ncnc2cc1OC)C1CCCCC1. The number of amides is 3. The second-order valence-electron chi connectivity index (χ2n) is 11.7. The number of fused-ring (bicyclic) bond motifs is 1. The number of likely N-dealkylation sites (N-methyl/N-ethyl adjacent to an activating group) is 1. The van der Waals surface area contributed by atoms with Crippen LogP contribution in [0.2, 0.25) is 5.02 Å². The Bertz CT molecular complexity index is 1620. The van der Waals surface area contributed by atoms with Gasteiger partial charge in [0.2, 0.25) is 17.7 Å². The fraction of sp³-hybridized carbons (Fsp3) is 0.469. The Morgan fingerprint density at radius 2 is 1.80 bits per heavy atom. The van der Waals surface area contributed by atoms with Crippen LogP contribution in [0.5, 0.6) is 5.75 Å². The molecule has 5 rings (SSSR count). The summed E-state index contributed by atoms with van der Waals surface area (Å²) in [6, 6.07) is 3.45. The number of halogens is 3. The molecule has 3 atom stereocenters. The third-order valence-corrected chi connectivity index (χ3v) is 9.20. The van der Waals surface area contributed by atoms with Crippen LogP contribution in [0.1, 0.15) is 51.9 Å². The van der Waals surface area contributed by atoms with E-state index in [9.17, 15) is 23.2 Å². The third kappa shape index (κ3) is 7.00. The van der Waals surface area contributed by atoms with E-state index >= 15 is 0 Å². The highest BCUT2D eigenvalue weighted by atomic mass is 35.5. The van der Waals surface area contributed by atoms with Gasteiger partial charge in [-0.2, -0.15) is 0 Å². The van der Waals surface area contributed by atoms with Gasteiger partial charge in [-0.05, 0) is 63.8 Å². The van der Waals surface area contributed by atoms with E-state index in [0.717, 1.165) is 38.2 Å². The molecule has 246 valence electrons. The lowest BCUT2D eigenvalue weighted by Crippen LogP contribution is -2.57. The quantitative estimate of drug-likeness (QED) is 0.226. The highest BCUT2D eigenvalue weighted by molar-refractivity contribution is 6.31. The second-order valence-corrected chi connectivity index (χ2v) is 12.1. The van der Waals surface area contributed by atoms with Crippen molar-refractivity contribution in [3.63, 3.8) is 0 Å². The lowest BCUT2D eigenvalue weighted by atomic mass is 9.83. The monoisotopic (exact) mass is 657 g/mol. The second kappa shape index (κ2) is 14.5. The van der Waals surface area contributed by atoms with Crippen molar-refractivity contribution in [3.05, 3.63) is 47.2 Å². The van der Waals surface area contributed by atoms with Gasteiger partial charge in [-0.3, -0.25) is 14.4 Å². The molecule has 11 nitrogen and oxygen atoms in total. The van der Waals surface area contributed by atoms with Crippen molar-refractivity contribution in [2.24, 2.45) is 5.92 Å². The maximum Gasteiger partial charge on any atom is 0.247 e. The Morgan fingerprint density at radius 3 is 2.52 bits per heavy atom. The molecule has 3 unspecified atom stereocenters. The number of methoxy groups -OCH3 is 1. The van der Waals surface area contributed by atoms with E-state index in [0.29, 0.717) is 36.0 Å². The van der Waals surface area contributed by atoms with Crippen LogP contribution in [0.15, 0.2) is 30.6 Å². The largest absolute Gasteiger partial charge is 0.494 e. The summed E-state index contributed by atoms with van der Waals surface area (Å²) in [6.45, 7) is 2.12. The van der Waals surface area contributed by atoms with Crippen molar-refractivity contribution < 1.29 is 27.9 Å². The van der Waals surface area contributed by atoms with Gasteiger partial charge < -0.3 is 30.9 Å². The lowest BCUT2D eigenvalue weighted by molar-refractivity contribution is -0.142. The molecule has 0 spiro atoms. The maximum atomic E-state index is 14.7. The van der Waals surface area contributed by atoms with Gasteiger partial charge in [0.1, 0.15) is 40.8 Å². The van der Waals surface area contributed by atoms with Crippen LogP contribution in [0, 0.1) is 17.6 Å². The van der Waals surface area contributed by atoms with Gasteiger partial charge in [-0.15, -0.1) is 0 Å². The summed E-state index contributed by atoms with van der Waals surface area (Å²) in [7, 11) is 3.13. The first-order valence-electron chi connectivity index (χ1n) is 15.4. The Balaban J connectivity index is 1.40. The zero-order chi connectivity index (χ0) is 33.0. The fourth-order valence-electron chi connectivity index (χ4n) is 6.16. The molecule has 1 saturated carbocycles. The standard InChI is InChI=1S/C32H38ClF2N7O4/c1-17(36-2)30(43)41-28(18-8-5-4-6-9-18)32(45)42-13-7-10-24(42)31(44)40-23-14-19-22(15-25(23)46-3)37-16-38-29(19)39-21-12-11-20(34)26(33)27(21)35/h11-12,14-18,24,28,36H,4-10,13H2,1-3H3,(H,40,44)(H,41,43)(H,37,38,39). The van der Waals surface area contributed by atoms with E-state index in [2.05, 4.69) is 31.2 Å². The van der Waals surface area contributed by atoms with Crippen molar-refractivity contribution in [3.8, 4) is 5.75 Å². The van der Waals surface area contributed by atoms with Crippen molar-refractivity contribution in [2.45, 2.75) is 70.0 Å². The van der Waals surface area contributed by atoms with Crippen molar-refractivity contribution in [1.29, 1.82) is 0 Å². The highest BCUT2D eigenvalue weighted by Crippen LogP contribution is 2.36. The van der Waals surface area contributed by atoms with E-state index in [4.69, 9.17) is 16.3 Å². The van der Waals surface area contributed by atoms with Gasteiger partial charge >= 0.3 is 0 Å². The first-order valence-corrected chi connectivity index (χ1v) is 15.8. The number of nitrogens with one attached hydrogen (secondary N) is 4. The molecule has 4 N–H and O–H groups in total. The molecule has 1 aliphatic heterocycles. The Kier molecular flexibility index (Phi) is 10.5. The van der Waals surface area contributed by atoms with E-state index in [1.54, 1.807) is 31.0 Å². The molecule has 2 fully saturated rings. The average Bonchev–Trinajstić information content (AvgIpc) is 3.57.